The molecule has 122 valence electrons. The molecule has 0 aliphatic heterocycles. The van der Waals surface area contributed by atoms with Gasteiger partial charge in [0.15, 0.2) is 0 Å². The lowest BCUT2D eigenvalue weighted by Gasteiger charge is -2.13. The van der Waals surface area contributed by atoms with Crippen molar-refractivity contribution in [1.82, 2.24) is 0 Å². The molecule has 2 rings (SSSR count). The fourth-order valence-electron chi connectivity index (χ4n) is 2.18. The van der Waals surface area contributed by atoms with Crippen LogP contribution in [0.5, 0.6) is 11.5 Å². The molecule has 0 N–H and O–H groups in total. The van der Waals surface area contributed by atoms with E-state index in [0.717, 1.165) is 12.8 Å². The molecular formula is C17H18ClNO4. The molecule has 6 heteroatoms. The second-order valence-electron chi connectivity index (χ2n) is 4.98. The maximum atomic E-state index is 11.3. The predicted octanol–water partition coefficient (Wildman–Crippen LogP) is 5.10. The van der Waals surface area contributed by atoms with E-state index in [1.807, 2.05) is 0 Å². The molecule has 0 fully saturated rings. The summed E-state index contributed by atoms with van der Waals surface area (Å²) in [7, 11) is 1.56. The third kappa shape index (κ3) is 4.13. The van der Waals surface area contributed by atoms with Crippen LogP contribution in [0, 0.1) is 10.1 Å². The van der Waals surface area contributed by atoms with Crippen molar-refractivity contribution in [3.8, 4) is 22.6 Å². The molecule has 0 bridgehead atoms. The van der Waals surface area contributed by atoms with Gasteiger partial charge in [-0.05, 0) is 30.7 Å². The molecule has 0 spiro atoms. The average Bonchev–Trinajstić information content (AvgIpc) is 2.54. The first-order chi connectivity index (χ1) is 11.1. The number of nitro benzene ring substituents is 1. The van der Waals surface area contributed by atoms with Crippen LogP contribution in [-0.4, -0.2) is 18.6 Å². The second kappa shape index (κ2) is 7.83. The van der Waals surface area contributed by atoms with Gasteiger partial charge >= 0.3 is 0 Å². The van der Waals surface area contributed by atoms with Crippen molar-refractivity contribution in [2.24, 2.45) is 0 Å². The van der Waals surface area contributed by atoms with Crippen molar-refractivity contribution in [2.45, 2.75) is 19.8 Å². The number of unbranched alkanes of at least 4 members (excludes halogenated alkanes) is 1. The lowest BCUT2D eigenvalue weighted by atomic mass is 10.0. The van der Waals surface area contributed by atoms with Gasteiger partial charge in [0, 0.05) is 22.7 Å². The van der Waals surface area contributed by atoms with Crippen LogP contribution in [0.15, 0.2) is 36.4 Å². The van der Waals surface area contributed by atoms with Crippen LogP contribution in [0.3, 0.4) is 0 Å². The Morgan fingerprint density at radius 1 is 1.17 bits per heavy atom. The highest BCUT2D eigenvalue weighted by Gasteiger charge is 2.19. The monoisotopic (exact) mass is 335 g/mol. The molecule has 0 aromatic heterocycles. The highest BCUT2D eigenvalue weighted by Crippen LogP contribution is 2.39. The van der Waals surface area contributed by atoms with E-state index in [1.54, 1.807) is 31.4 Å². The van der Waals surface area contributed by atoms with Gasteiger partial charge in [0.1, 0.15) is 11.5 Å². The quantitative estimate of drug-likeness (QED) is 0.401. The third-order valence-corrected chi connectivity index (χ3v) is 3.62. The van der Waals surface area contributed by atoms with E-state index < -0.39 is 4.92 Å². The summed E-state index contributed by atoms with van der Waals surface area (Å²) in [6.07, 6.45) is 1.89. The molecule has 2 aromatic carbocycles. The molecule has 0 heterocycles. The Balaban J connectivity index is 2.53. The highest BCUT2D eigenvalue weighted by atomic mass is 35.5. The summed E-state index contributed by atoms with van der Waals surface area (Å²) in [5.41, 5.74) is 1.03. The smallest absolute Gasteiger partial charge is 0.277 e. The lowest BCUT2D eigenvalue weighted by Crippen LogP contribution is -2.00. The van der Waals surface area contributed by atoms with Crippen molar-refractivity contribution in [1.29, 1.82) is 0 Å². The standard InChI is InChI=1S/C17H18ClNO4/c1-3-4-9-23-17-11-13(22-2)6-7-14(17)15-10-12(18)5-8-16(15)19(20)21/h5-8,10-11H,3-4,9H2,1-2H3. The van der Waals surface area contributed by atoms with Crippen LogP contribution >= 0.6 is 11.6 Å². The minimum Gasteiger partial charge on any atom is -0.497 e. The predicted molar refractivity (Wildman–Crippen MR) is 90.5 cm³/mol. The lowest BCUT2D eigenvalue weighted by molar-refractivity contribution is -0.384. The summed E-state index contributed by atoms with van der Waals surface area (Å²) in [5, 5.41) is 11.7. The Kier molecular flexibility index (Phi) is 5.82. The molecule has 2 aromatic rings. The second-order valence-corrected chi connectivity index (χ2v) is 5.42. The van der Waals surface area contributed by atoms with Crippen LogP contribution < -0.4 is 9.47 Å². The number of hydrogen-bond acceptors (Lipinski definition) is 4. The van der Waals surface area contributed by atoms with Crippen molar-refractivity contribution < 1.29 is 14.4 Å². The van der Waals surface area contributed by atoms with Gasteiger partial charge in [-0.3, -0.25) is 10.1 Å². The molecule has 0 aliphatic carbocycles. The maximum absolute atomic E-state index is 11.3. The Labute approximate surface area is 139 Å². The summed E-state index contributed by atoms with van der Waals surface area (Å²) < 4.78 is 11.0. The number of halogens is 1. The zero-order valence-corrected chi connectivity index (χ0v) is 13.8. The van der Waals surface area contributed by atoms with Gasteiger partial charge in [-0.2, -0.15) is 0 Å². The Morgan fingerprint density at radius 2 is 1.96 bits per heavy atom. The third-order valence-electron chi connectivity index (χ3n) is 3.39. The largest absolute Gasteiger partial charge is 0.497 e. The molecular weight excluding hydrogens is 318 g/mol. The van der Waals surface area contributed by atoms with Gasteiger partial charge < -0.3 is 9.47 Å². The van der Waals surface area contributed by atoms with E-state index in [-0.39, 0.29) is 5.69 Å². The van der Waals surface area contributed by atoms with Gasteiger partial charge in [0.25, 0.3) is 5.69 Å². The van der Waals surface area contributed by atoms with Crippen LogP contribution in [0.25, 0.3) is 11.1 Å². The first-order valence-corrected chi connectivity index (χ1v) is 7.69. The number of hydrogen-bond donors (Lipinski definition) is 0. The molecule has 23 heavy (non-hydrogen) atoms. The minimum atomic E-state index is -0.425. The fourth-order valence-corrected chi connectivity index (χ4v) is 2.35. The van der Waals surface area contributed by atoms with E-state index in [4.69, 9.17) is 21.1 Å². The van der Waals surface area contributed by atoms with Crippen LogP contribution in [0.1, 0.15) is 19.8 Å². The van der Waals surface area contributed by atoms with Crippen LogP contribution in [0.2, 0.25) is 5.02 Å². The molecule has 0 unspecified atom stereocenters. The molecule has 0 saturated carbocycles. The molecule has 0 aliphatic rings. The van der Waals surface area contributed by atoms with E-state index in [1.165, 1.54) is 12.1 Å². The SMILES string of the molecule is CCCCOc1cc(OC)ccc1-c1cc(Cl)ccc1[N+](=O)[O-]. The summed E-state index contributed by atoms with van der Waals surface area (Å²) >= 11 is 6.02. The van der Waals surface area contributed by atoms with Gasteiger partial charge in [0.05, 0.1) is 24.2 Å². The fraction of sp³-hybridized carbons (Fsp3) is 0.294. The number of nitro groups is 1. The van der Waals surface area contributed by atoms with Crippen molar-refractivity contribution in [2.75, 3.05) is 13.7 Å². The topological polar surface area (TPSA) is 61.6 Å². The Bertz CT molecular complexity index is 703. The van der Waals surface area contributed by atoms with E-state index in [2.05, 4.69) is 6.92 Å². The number of methoxy groups -OCH3 is 1. The van der Waals surface area contributed by atoms with Crippen molar-refractivity contribution in [3.05, 3.63) is 51.5 Å². The van der Waals surface area contributed by atoms with Crippen LogP contribution in [-0.2, 0) is 0 Å². The molecule has 5 nitrogen and oxygen atoms in total. The van der Waals surface area contributed by atoms with Crippen LogP contribution in [0.4, 0.5) is 5.69 Å². The molecule has 0 atom stereocenters. The zero-order chi connectivity index (χ0) is 16.8. The van der Waals surface area contributed by atoms with E-state index >= 15 is 0 Å². The van der Waals surface area contributed by atoms with Crippen molar-refractivity contribution in [3.63, 3.8) is 0 Å². The van der Waals surface area contributed by atoms with Gasteiger partial charge in [-0.25, -0.2) is 0 Å². The van der Waals surface area contributed by atoms with E-state index in [0.29, 0.717) is 34.3 Å². The van der Waals surface area contributed by atoms with E-state index in [9.17, 15) is 10.1 Å². The summed E-state index contributed by atoms with van der Waals surface area (Å²) in [6.45, 7) is 2.60. The molecule has 0 saturated heterocycles. The number of nitrogens with zero attached hydrogens (tertiary/aromatic N) is 1. The molecule has 0 radical (unpaired) electrons. The van der Waals surface area contributed by atoms with Gasteiger partial charge in [-0.1, -0.05) is 24.9 Å². The Morgan fingerprint density at radius 3 is 2.61 bits per heavy atom. The Hall–Kier alpha value is -2.27. The first kappa shape index (κ1) is 17.1. The van der Waals surface area contributed by atoms with Gasteiger partial charge in [-0.15, -0.1) is 0 Å². The number of benzene rings is 2. The normalized spacial score (nSPS) is 10.4. The zero-order valence-electron chi connectivity index (χ0n) is 13.0. The number of rotatable bonds is 7. The number of ether oxygens (including phenoxy) is 2. The summed E-state index contributed by atoms with van der Waals surface area (Å²) in [6, 6.07) is 9.71. The maximum Gasteiger partial charge on any atom is 0.277 e. The highest BCUT2D eigenvalue weighted by molar-refractivity contribution is 6.31. The first-order valence-electron chi connectivity index (χ1n) is 7.32. The summed E-state index contributed by atoms with van der Waals surface area (Å²) in [4.78, 5) is 10.9. The summed E-state index contributed by atoms with van der Waals surface area (Å²) in [5.74, 6) is 1.17. The van der Waals surface area contributed by atoms with Crippen molar-refractivity contribution >= 4 is 17.3 Å². The minimum absolute atomic E-state index is 0.0140. The molecule has 0 amide bonds. The average molecular weight is 336 g/mol. The van der Waals surface area contributed by atoms with Gasteiger partial charge in [0.2, 0.25) is 0 Å².